The SMILES string of the molecule is CC1CCCC(N(C)c2nc(C(C)C)c(C(=O)O)s2)C1. The Hall–Kier alpha value is -1.10. The van der Waals surface area contributed by atoms with Crippen LogP contribution in [0.25, 0.3) is 0 Å². The lowest BCUT2D eigenvalue weighted by atomic mass is 9.86. The Morgan fingerprint density at radius 1 is 1.45 bits per heavy atom. The van der Waals surface area contributed by atoms with E-state index in [0.717, 1.165) is 11.0 Å². The first-order valence-electron chi connectivity index (χ1n) is 7.37. The Labute approximate surface area is 124 Å². The number of anilines is 1. The van der Waals surface area contributed by atoms with E-state index in [9.17, 15) is 9.90 Å². The number of aromatic carboxylic acids is 1. The zero-order chi connectivity index (χ0) is 14.9. The maximum absolute atomic E-state index is 11.3. The van der Waals surface area contributed by atoms with Gasteiger partial charge in [-0.2, -0.15) is 0 Å². The minimum Gasteiger partial charge on any atom is -0.477 e. The van der Waals surface area contributed by atoms with Gasteiger partial charge < -0.3 is 10.0 Å². The number of nitrogens with zero attached hydrogens (tertiary/aromatic N) is 2. The molecule has 2 rings (SSSR count). The highest BCUT2D eigenvalue weighted by atomic mass is 32.1. The van der Waals surface area contributed by atoms with E-state index in [0.29, 0.717) is 16.6 Å². The van der Waals surface area contributed by atoms with Crippen LogP contribution < -0.4 is 4.90 Å². The molecule has 1 aromatic heterocycles. The first-order valence-corrected chi connectivity index (χ1v) is 8.18. The normalized spacial score (nSPS) is 23.1. The second-order valence-electron chi connectivity index (χ2n) is 6.21. The van der Waals surface area contributed by atoms with Crippen LogP contribution in [0.15, 0.2) is 0 Å². The third kappa shape index (κ3) is 3.14. The average Bonchev–Trinajstić information content (AvgIpc) is 2.83. The number of aromatic nitrogens is 1. The molecule has 0 radical (unpaired) electrons. The fourth-order valence-corrected chi connectivity index (χ4v) is 4.02. The van der Waals surface area contributed by atoms with Crippen LogP contribution in [0.3, 0.4) is 0 Å². The molecule has 0 saturated heterocycles. The molecule has 5 heteroatoms. The number of carboxylic acids is 1. The standard InChI is InChI=1S/C15H24N2O2S/c1-9(2)12-13(14(18)19)20-15(16-12)17(4)11-7-5-6-10(3)8-11/h9-11H,5-8H2,1-4H3,(H,18,19). The predicted molar refractivity (Wildman–Crippen MR) is 83.0 cm³/mol. The molecule has 1 aromatic rings. The van der Waals surface area contributed by atoms with Gasteiger partial charge in [-0.05, 0) is 24.7 Å². The quantitative estimate of drug-likeness (QED) is 0.913. The highest BCUT2D eigenvalue weighted by Gasteiger charge is 2.27. The summed E-state index contributed by atoms with van der Waals surface area (Å²) in [4.78, 5) is 18.5. The van der Waals surface area contributed by atoms with Gasteiger partial charge in [0, 0.05) is 13.1 Å². The average molecular weight is 296 g/mol. The number of thiazole rings is 1. The highest BCUT2D eigenvalue weighted by molar-refractivity contribution is 7.17. The van der Waals surface area contributed by atoms with Crippen LogP contribution in [0.4, 0.5) is 5.13 Å². The molecular weight excluding hydrogens is 272 g/mol. The van der Waals surface area contributed by atoms with Crippen LogP contribution in [0.5, 0.6) is 0 Å². The molecule has 2 unspecified atom stereocenters. The van der Waals surface area contributed by atoms with Crippen molar-refractivity contribution in [2.75, 3.05) is 11.9 Å². The lowest BCUT2D eigenvalue weighted by molar-refractivity contribution is 0.0700. The van der Waals surface area contributed by atoms with Gasteiger partial charge >= 0.3 is 5.97 Å². The highest BCUT2D eigenvalue weighted by Crippen LogP contribution is 2.34. The van der Waals surface area contributed by atoms with E-state index in [1.807, 2.05) is 13.8 Å². The molecule has 0 spiro atoms. The lowest BCUT2D eigenvalue weighted by Crippen LogP contribution is -2.35. The van der Waals surface area contributed by atoms with Gasteiger partial charge in [0.25, 0.3) is 0 Å². The summed E-state index contributed by atoms with van der Waals surface area (Å²) in [6, 6.07) is 0.492. The molecule has 112 valence electrons. The van der Waals surface area contributed by atoms with E-state index in [2.05, 4.69) is 23.9 Å². The molecule has 1 fully saturated rings. The molecule has 1 heterocycles. The largest absolute Gasteiger partial charge is 0.477 e. The van der Waals surface area contributed by atoms with Gasteiger partial charge in [-0.15, -0.1) is 0 Å². The third-order valence-corrected chi connectivity index (χ3v) is 5.29. The lowest BCUT2D eigenvalue weighted by Gasteiger charge is -2.33. The number of hydrogen-bond acceptors (Lipinski definition) is 4. The fraction of sp³-hybridized carbons (Fsp3) is 0.733. The molecule has 20 heavy (non-hydrogen) atoms. The zero-order valence-electron chi connectivity index (χ0n) is 12.7. The van der Waals surface area contributed by atoms with Crippen molar-refractivity contribution >= 4 is 22.4 Å². The van der Waals surface area contributed by atoms with Crippen molar-refractivity contribution in [3.05, 3.63) is 10.6 Å². The Morgan fingerprint density at radius 3 is 2.65 bits per heavy atom. The number of carboxylic acid groups (broad SMARTS) is 1. The van der Waals surface area contributed by atoms with Gasteiger partial charge in [-0.3, -0.25) is 0 Å². The van der Waals surface area contributed by atoms with E-state index < -0.39 is 5.97 Å². The summed E-state index contributed by atoms with van der Waals surface area (Å²) in [5, 5.41) is 10.2. The molecule has 4 nitrogen and oxygen atoms in total. The Bertz CT molecular complexity index is 484. The molecule has 0 aliphatic heterocycles. The summed E-state index contributed by atoms with van der Waals surface area (Å²) in [6.45, 7) is 6.28. The molecule has 1 N–H and O–H groups in total. The van der Waals surface area contributed by atoms with Crippen LogP contribution in [-0.2, 0) is 0 Å². The van der Waals surface area contributed by atoms with Gasteiger partial charge in [0.15, 0.2) is 5.13 Å². The van der Waals surface area contributed by atoms with Crippen molar-refractivity contribution in [2.24, 2.45) is 5.92 Å². The van der Waals surface area contributed by atoms with Gasteiger partial charge in [-0.1, -0.05) is 44.9 Å². The van der Waals surface area contributed by atoms with E-state index in [-0.39, 0.29) is 5.92 Å². The first kappa shape index (κ1) is 15.3. The second kappa shape index (κ2) is 6.12. The number of carbonyl (C=O) groups is 1. The van der Waals surface area contributed by atoms with Crippen molar-refractivity contribution in [3.8, 4) is 0 Å². The predicted octanol–water partition coefficient (Wildman–Crippen LogP) is 3.98. The summed E-state index contributed by atoms with van der Waals surface area (Å²) in [5.74, 6) is 0.0346. The topological polar surface area (TPSA) is 53.4 Å². The molecule has 1 aliphatic rings. The smallest absolute Gasteiger partial charge is 0.347 e. The van der Waals surface area contributed by atoms with Crippen LogP contribution in [-0.4, -0.2) is 29.1 Å². The molecule has 2 atom stereocenters. The van der Waals surface area contributed by atoms with E-state index in [1.165, 1.54) is 37.0 Å². The van der Waals surface area contributed by atoms with E-state index >= 15 is 0 Å². The molecule has 1 saturated carbocycles. The fourth-order valence-electron chi connectivity index (χ4n) is 2.93. The van der Waals surface area contributed by atoms with Crippen molar-refractivity contribution < 1.29 is 9.90 Å². The summed E-state index contributed by atoms with van der Waals surface area (Å²) < 4.78 is 0. The van der Waals surface area contributed by atoms with Crippen molar-refractivity contribution in [1.29, 1.82) is 0 Å². The summed E-state index contributed by atoms with van der Waals surface area (Å²) >= 11 is 1.31. The Balaban J connectivity index is 2.23. The number of hydrogen-bond donors (Lipinski definition) is 1. The Morgan fingerprint density at radius 2 is 2.15 bits per heavy atom. The van der Waals surface area contributed by atoms with Crippen molar-refractivity contribution in [2.45, 2.75) is 58.4 Å². The van der Waals surface area contributed by atoms with Crippen LogP contribution in [0, 0.1) is 5.92 Å². The summed E-state index contributed by atoms with van der Waals surface area (Å²) in [5.41, 5.74) is 0.716. The maximum Gasteiger partial charge on any atom is 0.347 e. The minimum atomic E-state index is -0.858. The first-order chi connectivity index (χ1) is 9.40. The molecule has 0 aromatic carbocycles. The molecule has 1 aliphatic carbocycles. The van der Waals surface area contributed by atoms with Gasteiger partial charge in [-0.25, -0.2) is 9.78 Å². The monoisotopic (exact) mass is 296 g/mol. The third-order valence-electron chi connectivity index (χ3n) is 4.14. The number of rotatable bonds is 4. The maximum atomic E-state index is 11.3. The second-order valence-corrected chi connectivity index (χ2v) is 7.18. The van der Waals surface area contributed by atoms with Crippen LogP contribution in [0.2, 0.25) is 0 Å². The van der Waals surface area contributed by atoms with Gasteiger partial charge in [0.2, 0.25) is 0 Å². The molecule has 0 amide bonds. The molecule has 0 bridgehead atoms. The van der Waals surface area contributed by atoms with Crippen molar-refractivity contribution in [3.63, 3.8) is 0 Å². The van der Waals surface area contributed by atoms with Crippen LogP contribution in [0.1, 0.15) is 67.7 Å². The van der Waals surface area contributed by atoms with Crippen molar-refractivity contribution in [1.82, 2.24) is 4.98 Å². The Kier molecular flexibility index (Phi) is 4.68. The van der Waals surface area contributed by atoms with E-state index in [4.69, 9.17) is 0 Å². The summed E-state index contributed by atoms with van der Waals surface area (Å²) in [6.07, 6.45) is 4.92. The van der Waals surface area contributed by atoms with E-state index in [1.54, 1.807) is 0 Å². The zero-order valence-corrected chi connectivity index (χ0v) is 13.5. The minimum absolute atomic E-state index is 0.143. The molecular formula is C15H24N2O2S. The van der Waals surface area contributed by atoms with Gasteiger partial charge in [0.05, 0.1) is 5.69 Å². The van der Waals surface area contributed by atoms with Gasteiger partial charge in [0.1, 0.15) is 4.88 Å². The van der Waals surface area contributed by atoms with Crippen LogP contribution >= 0.6 is 11.3 Å². The summed E-state index contributed by atoms with van der Waals surface area (Å²) in [7, 11) is 2.05.